The predicted octanol–water partition coefficient (Wildman–Crippen LogP) is 1.69. The van der Waals surface area contributed by atoms with Crippen LogP contribution in [-0.2, 0) is 17.9 Å². The van der Waals surface area contributed by atoms with Gasteiger partial charge in [-0.2, -0.15) is 5.10 Å². The van der Waals surface area contributed by atoms with Gasteiger partial charge in [0.2, 0.25) is 5.91 Å². The monoisotopic (exact) mass is 284 g/mol. The molecule has 1 amide bonds. The van der Waals surface area contributed by atoms with Gasteiger partial charge in [-0.1, -0.05) is 30.3 Å². The van der Waals surface area contributed by atoms with Crippen LogP contribution in [0.2, 0.25) is 0 Å². The number of H-pyrrole nitrogens is 1. The number of carbonyl (C=O) groups excluding carboxylic acids is 1. The van der Waals surface area contributed by atoms with Crippen molar-refractivity contribution >= 4 is 5.91 Å². The number of rotatable bonds is 5. The van der Waals surface area contributed by atoms with Gasteiger partial charge in [0.05, 0.1) is 18.3 Å². The van der Waals surface area contributed by atoms with E-state index >= 15 is 0 Å². The Morgan fingerprint density at radius 3 is 2.95 bits per heavy atom. The summed E-state index contributed by atoms with van der Waals surface area (Å²) in [4.78, 5) is 14.6. The second-order valence-electron chi connectivity index (χ2n) is 5.41. The van der Waals surface area contributed by atoms with Gasteiger partial charge in [0.1, 0.15) is 0 Å². The highest BCUT2D eigenvalue weighted by Gasteiger charge is 2.30. The summed E-state index contributed by atoms with van der Waals surface area (Å²) in [6.45, 7) is 2.33. The molecule has 1 aromatic carbocycles. The van der Waals surface area contributed by atoms with Crippen molar-refractivity contribution in [3.05, 3.63) is 53.9 Å². The molecule has 0 spiro atoms. The van der Waals surface area contributed by atoms with E-state index in [-0.39, 0.29) is 11.9 Å². The lowest BCUT2D eigenvalue weighted by atomic mass is 10.1. The number of hydrogen-bond donors (Lipinski definition) is 2. The van der Waals surface area contributed by atoms with Crippen LogP contribution in [0.3, 0.4) is 0 Å². The van der Waals surface area contributed by atoms with Gasteiger partial charge in [0.15, 0.2) is 0 Å². The van der Waals surface area contributed by atoms with Crippen molar-refractivity contribution in [2.75, 3.05) is 6.54 Å². The summed E-state index contributed by atoms with van der Waals surface area (Å²) in [6, 6.07) is 12.2. The zero-order chi connectivity index (χ0) is 14.5. The molecule has 2 aromatic rings. The van der Waals surface area contributed by atoms with Crippen molar-refractivity contribution in [2.24, 2.45) is 0 Å². The van der Waals surface area contributed by atoms with Crippen LogP contribution >= 0.6 is 0 Å². The highest BCUT2D eigenvalue weighted by atomic mass is 16.2. The van der Waals surface area contributed by atoms with Crippen molar-refractivity contribution in [2.45, 2.75) is 32.0 Å². The van der Waals surface area contributed by atoms with Gasteiger partial charge >= 0.3 is 0 Å². The Balaban J connectivity index is 1.57. The van der Waals surface area contributed by atoms with Crippen LogP contribution in [0, 0.1) is 0 Å². The van der Waals surface area contributed by atoms with Crippen molar-refractivity contribution < 1.29 is 4.79 Å². The average Bonchev–Trinajstić information content (AvgIpc) is 3.17. The molecule has 1 unspecified atom stereocenters. The first-order chi connectivity index (χ1) is 10.3. The van der Waals surface area contributed by atoms with E-state index in [2.05, 4.69) is 32.5 Å². The number of nitrogens with zero attached hydrogens (tertiary/aromatic N) is 2. The standard InChI is InChI=1S/C16H20N4O/c21-16(17-11-14-8-9-18-19-14)15-7-4-10-20(15)12-13-5-2-1-3-6-13/h1-3,5-6,8-9,15H,4,7,10-12H2,(H,17,21)(H,18,19). The Hall–Kier alpha value is -2.14. The van der Waals surface area contributed by atoms with Crippen LogP contribution < -0.4 is 5.32 Å². The zero-order valence-corrected chi connectivity index (χ0v) is 12.0. The molecule has 0 aliphatic carbocycles. The number of amides is 1. The van der Waals surface area contributed by atoms with Crippen molar-refractivity contribution in [1.82, 2.24) is 20.4 Å². The van der Waals surface area contributed by atoms with E-state index in [0.29, 0.717) is 6.54 Å². The maximum atomic E-state index is 12.4. The predicted molar refractivity (Wildman–Crippen MR) is 80.3 cm³/mol. The van der Waals surface area contributed by atoms with E-state index in [9.17, 15) is 4.79 Å². The molecule has 0 saturated carbocycles. The van der Waals surface area contributed by atoms with Crippen molar-refractivity contribution in [3.63, 3.8) is 0 Å². The van der Waals surface area contributed by atoms with Gasteiger partial charge in [-0.25, -0.2) is 0 Å². The lowest BCUT2D eigenvalue weighted by Crippen LogP contribution is -2.42. The molecular formula is C16H20N4O. The second-order valence-corrected chi connectivity index (χ2v) is 5.41. The topological polar surface area (TPSA) is 61.0 Å². The molecule has 5 nitrogen and oxygen atoms in total. The molecule has 2 N–H and O–H groups in total. The molecule has 1 fully saturated rings. The SMILES string of the molecule is O=C(NCc1ccn[nH]1)C1CCCN1Cc1ccccc1. The molecule has 2 heterocycles. The van der Waals surface area contributed by atoms with E-state index in [4.69, 9.17) is 0 Å². The smallest absolute Gasteiger partial charge is 0.237 e. The molecule has 1 atom stereocenters. The Morgan fingerprint density at radius 2 is 2.19 bits per heavy atom. The van der Waals surface area contributed by atoms with Gasteiger partial charge in [0.25, 0.3) is 0 Å². The van der Waals surface area contributed by atoms with Crippen LogP contribution in [-0.4, -0.2) is 33.6 Å². The first kappa shape index (κ1) is 13.8. The Labute approximate surface area is 124 Å². The summed E-state index contributed by atoms with van der Waals surface area (Å²) < 4.78 is 0. The van der Waals surface area contributed by atoms with Crippen molar-refractivity contribution in [1.29, 1.82) is 0 Å². The highest BCUT2D eigenvalue weighted by molar-refractivity contribution is 5.81. The van der Waals surface area contributed by atoms with Crippen LogP contribution in [0.4, 0.5) is 0 Å². The third-order valence-electron chi connectivity index (χ3n) is 3.91. The van der Waals surface area contributed by atoms with E-state index in [0.717, 1.165) is 31.6 Å². The number of carbonyl (C=O) groups is 1. The van der Waals surface area contributed by atoms with E-state index in [1.165, 1.54) is 5.56 Å². The first-order valence-corrected chi connectivity index (χ1v) is 7.37. The van der Waals surface area contributed by atoms with Crippen LogP contribution in [0.15, 0.2) is 42.6 Å². The number of hydrogen-bond acceptors (Lipinski definition) is 3. The van der Waals surface area contributed by atoms with Crippen LogP contribution in [0.25, 0.3) is 0 Å². The minimum atomic E-state index is -0.0203. The maximum Gasteiger partial charge on any atom is 0.237 e. The van der Waals surface area contributed by atoms with Gasteiger partial charge in [-0.15, -0.1) is 0 Å². The molecular weight excluding hydrogens is 264 g/mol. The lowest BCUT2D eigenvalue weighted by molar-refractivity contribution is -0.125. The second kappa shape index (κ2) is 6.54. The molecule has 1 aliphatic heterocycles. The Bertz CT molecular complexity index is 567. The van der Waals surface area contributed by atoms with Gasteiger partial charge in [-0.05, 0) is 31.0 Å². The van der Waals surface area contributed by atoms with Crippen LogP contribution in [0.5, 0.6) is 0 Å². The van der Waals surface area contributed by atoms with E-state index < -0.39 is 0 Å². The van der Waals surface area contributed by atoms with Gasteiger partial charge in [0, 0.05) is 12.7 Å². The number of aromatic amines is 1. The lowest BCUT2D eigenvalue weighted by Gasteiger charge is -2.23. The summed E-state index contributed by atoms with van der Waals surface area (Å²) in [5.74, 6) is 0.109. The normalized spacial score (nSPS) is 18.8. The first-order valence-electron chi connectivity index (χ1n) is 7.37. The summed E-state index contributed by atoms with van der Waals surface area (Å²) >= 11 is 0. The molecule has 0 bridgehead atoms. The summed E-state index contributed by atoms with van der Waals surface area (Å²) in [6.07, 6.45) is 3.70. The molecule has 1 saturated heterocycles. The molecule has 1 aromatic heterocycles. The van der Waals surface area contributed by atoms with E-state index in [1.54, 1.807) is 6.20 Å². The van der Waals surface area contributed by atoms with Crippen LogP contribution in [0.1, 0.15) is 24.1 Å². The van der Waals surface area contributed by atoms with Crippen molar-refractivity contribution in [3.8, 4) is 0 Å². The van der Waals surface area contributed by atoms with E-state index in [1.807, 2.05) is 24.3 Å². The molecule has 3 rings (SSSR count). The average molecular weight is 284 g/mol. The largest absolute Gasteiger partial charge is 0.349 e. The molecule has 1 aliphatic rings. The summed E-state index contributed by atoms with van der Waals surface area (Å²) in [5, 5.41) is 9.73. The summed E-state index contributed by atoms with van der Waals surface area (Å²) in [7, 11) is 0. The number of likely N-dealkylation sites (tertiary alicyclic amines) is 1. The van der Waals surface area contributed by atoms with Gasteiger partial charge < -0.3 is 5.32 Å². The number of nitrogens with one attached hydrogen (secondary N) is 2. The molecule has 110 valence electrons. The molecule has 21 heavy (non-hydrogen) atoms. The zero-order valence-electron chi connectivity index (χ0n) is 12.0. The fourth-order valence-electron chi connectivity index (χ4n) is 2.81. The third kappa shape index (κ3) is 3.49. The highest BCUT2D eigenvalue weighted by Crippen LogP contribution is 2.20. The molecule has 5 heteroatoms. The maximum absolute atomic E-state index is 12.4. The minimum absolute atomic E-state index is 0.0203. The number of benzene rings is 1. The molecule has 0 radical (unpaired) electrons. The fourth-order valence-corrected chi connectivity index (χ4v) is 2.81. The minimum Gasteiger partial charge on any atom is -0.349 e. The third-order valence-corrected chi connectivity index (χ3v) is 3.91. The number of aromatic nitrogens is 2. The fraction of sp³-hybridized carbons (Fsp3) is 0.375. The quantitative estimate of drug-likeness (QED) is 0.878. The van der Waals surface area contributed by atoms with Gasteiger partial charge in [-0.3, -0.25) is 14.8 Å². The summed E-state index contributed by atoms with van der Waals surface area (Å²) in [5.41, 5.74) is 2.18. The Morgan fingerprint density at radius 1 is 1.33 bits per heavy atom. The Kier molecular flexibility index (Phi) is 4.31.